The number of nitrogens with one attached hydrogen (secondary N) is 1. The van der Waals surface area contributed by atoms with E-state index < -0.39 is 0 Å². The number of H-pyrrole nitrogens is 1. The van der Waals surface area contributed by atoms with Crippen LogP contribution in [0.4, 0.5) is 0 Å². The molecular formula is C14H17NO2S. The second kappa shape index (κ2) is 5.48. The Labute approximate surface area is 111 Å². The first-order valence-electron chi connectivity index (χ1n) is 5.89. The van der Waals surface area contributed by atoms with Crippen LogP contribution in [0.2, 0.25) is 0 Å². The number of fused-ring (bicyclic) bond motifs is 1. The summed E-state index contributed by atoms with van der Waals surface area (Å²) < 4.78 is 5.25. The van der Waals surface area contributed by atoms with E-state index in [0.717, 1.165) is 22.3 Å². The number of benzene rings is 1. The number of aryl methyl sites for hydroxylation is 2. The van der Waals surface area contributed by atoms with Crippen molar-refractivity contribution in [2.24, 2.45) is 0 Å². The summed E-state index contributed by atoms with van der Waals surface area (Å²) in [6, 6.07) is 5.72. The van der Waals surface area contributed by atoms with Gasteiger partial charge in [-0.05, 0) is 31.7 Å². The number of rotatable bonds is 4. The second-order valence-corrected chi connectivity index (χ2v) is 5.22. The molecule has 0 spiro atoms. The van der Waals surface area contributed by atoms with Crippen LogP contribution in [0.3, 0.4) is 0 Å². The van der Waals surface area contributed by atoms with E-state index in [0.29, 0.717) is 12.2 Å². The van der Waals surface area contributed by atoms with Crippen LogP contribution in [0.5, 0.6) is 0 Å². The lowest BCUT2D eigenvalue weighted by Crippen LogP contribution is -2.08. The third-order valence-corrected chi connectivity index (χ3v) is 3.66. The molecule has 4 heteroatoms. The van der Waals surface area contributed by atoms with Gasteiger partial charge in [0.05, 0.1) is 11.1 Å². The Morgan fingerprint density at radius 2 is 2.17 bits per heavy atom. The maximum absolute atomic E-state index is 12.0. The third-order valence-electron chi connectivity index (χ3n) is 3.08. The van der Waals surface area contributed by atoms with E-state index in [-0.39, 0.29) is 5.97 Å². The zero-order valence-corrected chi connectivity index (χ0v) is 11.7. The topological polar surface area (TPSA) is 42.1 Å². The number of ether oxygens (including phenoxy) is 1. The van der Waals surface area contributed by atoms with Crippen molar-refractivity contribution in [3.8, 4) is 0 Å². The normalized spacial score (nSPS) is 10.8. The molecule has 0 saturated carbocycles. The van der Waals surface area contributed by atoms with Crippen molar-refractivity contribution < 1.29 is 9.53 Å². The lowest BCUT2D eigenvalue weighted by Gasteiger charge is -2.04. The highest BCUT2D eigenvalue weighted by atomic mass is 32.2. The van der Waals surface area contributed by atoms with E-state index in [4.69, 9.17) is 4.74 Å². The van der Waals surface area contributed by atoms with Crippen molar-refractivity contribution in [2.45, 2.75) is 13.8 Å². The van der Waals surface area contributed by atoms with Crippen molar-refractivity contribution in [3.05, 3.63) is 35.0 Å². The minimum absolute atomic E-state index is 0.254. The highest BCUT2D eigenvalue weighted by Crippen LogP contribution is 2.24. The van der Waals surface area contributed by atoms with E-state index in [1.54, 1.807) is 17.8 Å². The van der Waals surface area contributed by atoms with Crippen molar-refractivity contribution in [2.75, 3.05) is 18.6 Å². The van der Waals surface area contributed by atoms with E-state index >= 15 is 0 Å². The summed E-state index contributed by atoms with van der Waals surface area (Å²) >= 11 is 1.66. The maximum Gasteiger partial charge on any atom is 0.340 e. The van der Waals surface area contributed by atoms with Gasteiger partial charge in [0.25, 0.3) is 0 Å². The molecule has 0 unspecified atom stereocenters. The van der Waals surface area contributed by atoms with Gasteiger partial charge in [-0.3, -0.25) is 0 Å². The molecule has 0 aliphatic rings. The van der Waals surface area contributed by atoms with Gasteiger partial charge in [-0.25, -0.2) is 4.79 Å². The Bertz CT molecular complexity index is 574. The number of aromatic amines is 1. The van der Waals surface area contributed by atoms with Gasteiger partial charge in [-0.1, -0.05) is 12.1 Å². The van der Waals surface area contributed by atoms with Gasteiger partial charge in [0, 0.05) is 16.8 Å². The minimum Gasteiger partial charge on any atom is -0.461 e. The Balaban J connectivity index is 2.33. The molecular weight excluding hydrogens is 246 g/mol. The number of para-hydroxylation sites is 1. The lowest BCUT2D eigenvalue weighted by atomic mass is 10.1. The summed E-state index contributed by atoms with van der Waals surface area (Å²) in [6.07, 6.45) is 1.99. The number of carbonyl (C=O) groups is 1. The van der Waals surface area contributed by atoms with Gasteiger partial charge >= 0.3 is 5.97 Å². The van der Waals surface area contributed by atoms with Crippen LogP contribution in [0, 0.1) is 13.8 Å². The Kier molecular flexibility index (Phi) is 3.97. The number of aromatic nitrogens is 1. The van der Waals surface area contributed by atoms with E-state index in [9.17, 15) is 4.79 Å². The molecule has 0 saturated heterocycles. The molecule has 0 amide bonds. The second-order valence-electron chi connectivity index (χ2n) is 4.23. The van der Waals surface area contributed by atoms with Crippen molar-refractivity contribution in [1.82, 2.24) is 4.98 Å². The molecule has 18 heavy (non-hydrogen) atoms. The van der Waals surface area contributed by atoms with Crippen LogP contribution in [0.1, 0.15) is 21.6 Å². The molecule has 2 aromatic rings. The fourth-order valence-corrected chi connectivity index (χ4v) is 2.20. The van der Waals surface area contributed by atoms with Gasteiger partial charge in [-0.2, -0.15) is 11.8 Å². The number of hydrogen-bond donors (Lipinski definition) is 1. The first-order valence-corrected chi connectivity index (χ1v) is 7.28. The average Bonchev–Trinajstić information content (AvgIpc) is 2.66. The monoisotopic (exact) mass is 263 g/mol. The summed E-state index contributed by atoms with van der Waals surface area (Å²) in [7, 11) is 0. The summed E-state index contributed by atoms with van der Waals surface area (Å²) in [5, 5.41) is 1.09. The van der Waals surface area contributed by atoms with Crippen LogP contribution >= 0.6 is 11.8 Å². The van der Waals surface area contributed by atoms with E-state index in [1.165, 1.54) is 5.56 Å². The minimum atomic E-state index is -0.254. The predicted molar refractivity (Wildman–Crippen MR) is 76.4 cm³/mol. The average molecular weight is 263 g/mol. The van der Waals surface area contributed by atoms with Gasteiger partial charge in [0.2, 0.25) is 0 Å². The highest BCUT2D eigenvalue weighted by Gasteiger charge is 2.14. The van der Waals surface area contributed by atoms with Crippen molar-refractivity contribution >= 4 is 28.6 Å². The number of carbonyl (C=O) groups excluding carboxylic acids is 1. The van der Waals surface area contributed by atoms with Crippen LogP contribution in [-0.4, -0.2) is 29.6 Å². The van der Waals surface area contributed by atoms with Gasteiger partial charge in [0.1, 0.15) is 6.61 Å². The lowest BCUT2D eigenvalue weighted by molar-refractivity contribution is 0.0532. The van der Waals surface area contributed by atoms with Gasteiger partial charge in [-0.15, -0.1) is 0 Å². The molecule has 0 aliphatic heterocycles. The van der Waals surface area contributed by atoms with Gasteiger partial charge < -0.3 is 9.72 Å². The Morgan fingerprint density at radius 3 is 2.89 bits per heavy atom. The fraction of sp³-hybridized carbons (Fsp3) is 0.357. The fourth-order valence-electron chi connectivity index (χ4n) is 1.95. The van der Waals surface area contributed by atoms with Crippen LogP contribution in [0.25, 0.3) is 10.9 Å². The SMILES string of the molecule is CSCCOC(=O)c1cccc2c(C)c(C)[nH]c12. The molecule has 0 aliphatic carbocycles. The zero-order valence-electron chi connectivity index (χ0n) is 10.9. The van der Waals surface area contributed by atoms with Crippen molar-refractivity contribution in [3.63, 3.8) is 0 Å². The third kappa shape index (κ3) is 2.38. The number of hydrogen-bond acceptors (Lipinski definition) is 3. The highest BCUT2D eigenvalue weighted by molar-refractivity contribution is 7.98. The van der Waals surface area contributed by atoms with Crippen LogP contribution in [-0.2, 0) is 4.74 Å². The van der Waals surface area contributed by atoms with Crippen LogP contribution in [0.15, 0.2) is 18.2 Å². The molecule has 3 nitrogen and oxygen atoms in total. The van der Waals surface area contributed by atoms with E-state index in [2.05, 4.69) is 11.9 Å². The molecule has 0 fully saturated rings. The summed E-state index contributed by atoms with van der Waals surface area (Å²) in [6.45, 7) is 4.52. The predicted octanol–water partition coefficient (Wildman–Crippen LogP) is 3.30. The van der Waals surface area contributed by atoms with Gasteiger partial charge in [0.15, 0.2) is 0 Å². The summed E-state index contributed by atoms with van der Waals surface area (Å²) in [5.41, 5.74) is 3.77. The molecule has 1 N–H and O–H groups in total. The molecule has 0 bridgehead atoms. The molecule has 2 rings (SSSR count). The molecule has 1 aromatic carbocycles. The largest absolute Gasteiger partial charge is 0.461 e. The zero-order chi connectivity index (χ0) is 13.1. The quantitative estimate of drug-likeness (QED) is 0.679. The van der Waals surface area contributed by atoms with Crippen LogP contribution < -0.4 is 0 Å². The molecule has 96 valence electrons. The van der Waals surface area contributed by atoms with Crippen molar-refractivity contribution in [1.29, 1.82) is 0 Å². The number of thioether (sulfide) groups is 1. The Hall–Kier alpha value is -1.42. The Morgan fingerprint density at radius 1 is 1.39 bits per heavy atom. The first-order chi connectivity index (χ1) is 8.65. The molecule has 1 heterocycles. The number of esters is 1. The molecule has 0 atom stereocenters. The maximum atomic E-state index is 12.0. The smallest absolute Gasteiger partial charge is 0.340 e. The summed E-state index contributed by atoms with van der Waals surface area (Å²) in [4.78, 5) is 15.3. The standard InChI is InChI=1S/C14H17NO2S/c1-9-10(2)15-13-11(9)5-4-6-12(13)14(16)17-7-8-18-3/h4-6,15H,7-8H2,1-3H3. The summed E-state index contributed by atoms with van der Waals surface area (Å²) in [5.74, 6) is 0.570. The molecule has 1 aromatic heterocycles. The first kappa shape index (κ1) is 13.0. The molecule has 0 radical (unpaired) electrons. The van der Waals surface area contributed by atoms with E-state index in [1.807, 2.05) is 25.3 Å².